The molecule has 0 aliphatic carbocycles. The van der Waals surface area contributed by atoms with Gasteiger partial charge in [-0.25, -0.2) is 0 Å². The number of hydrogen-bond acceptors (Lipinski definition) is 3. The molecule has 1 aliphatic heterocycles. The third-order valence-corrected chi connectivity index (χ3v) is 3.29. The molecule has 1 aliphatic rings. The number of aromatic nitrogens is 1. The molecule has 3 nitrogen and oxygen atoms in total. The van der Waals surface area contributed by atoms with Crippen molar-refractivity contribution in [2.75, 3.05) is 0 Å². The van der Waals surface area contributed by atoms with Gasteiger partial charge in [-0.15, -0.1) is 0 Å². The molecule has 0 radical (unpaired) electrons. The second kappa shape index (κ2) is 3.51. The summed E-state index contributed by atoms with van der Waals surface area (Å²) >= 11 is 1.24. The third kappa shape index (κ3) is 2.07. The largest absolute Gasteiger partial charge is 0.370 e. The molecule has 14 heavy (non-hydrogen) atoms. The molecule has 0 amide bonds. The Morgan fingerprint density at radius 3 is 3.00 bits per heavy atom. The second-order valence-electron chi connectivity index (χ2n) is 4.36. The minimum atomic E-state index is -0.00963. The van der Waals surface area contributed by atoms with Crippen molar-refractivity contribution in [2.24, 2.45) is 0 Å². The van der Waals surface area contributed by atoms with E-state index in [4.69, 9.17) is 4.74 Å². The SMILES string of the molecule is CC1(C)CCC(Cn2ccsc2=O)O1. The molecule has 0 aromatic carbocycles. The quantitative estimate of drug-likeness (QED) is 0.751. The maximum Gasteiger partial charge on any atom is 0.307 e. The Kier molecular flexibility index (Phi) is 2.49. The lowest BCUT2D eigenvalue weighted by molar-refractivity contribution is -0.0218. The summed E-state index contributed by atoms with van der Waals surface area (Å²) in [4.78, 5) is 11.4. The molecule has 0 bridgehead atoms. The molecular weight excluding hydrogens is 198 g/mol. The molecule has 1 aromatic rings. The average molecular weight is 213 g/mol. The zero-order chi connectivity index (χ0) is 10.2. The number of hydrogen-bond donors (Lipinski definition) is 0. The maximum absolute atomic E-state index is 11.3. The highest BCUT2D eigenvalue weighted by molar-refractivity contribution is 7.07. The highest BCUT2D eigenvalue weighted by Gasteiger charge is 2.31. The highest BCUT2D eigenvalue weighted by atomic mass is 32.1. The van der Waals surface area contributed by atoms with Crippen LogP contribution in [0.2, 0.25) is 0 Å². The third-order valence-electron chi connectivity index (χ3n) is 2.60. The van der Waals surface area contributed by atoms with Crippen molar-refractivity contribution in [3.05, 3.63) is 21.2 Å². The van der Waals surface area contributed by atoms with Gasteiger partial charge in [0, 0.05) is 11.6 Å². The fourth-order valence-electron chi connectivity index (χ4n) is 1.85. The lowest BCUT2D eigenvalue weighted by Crippen LogP contribution is -2.25. The van der Waals surface area contributed by atoms with E-state index in [0.717, 1.165) is 12.8 Å². The number of rotatable bonds is 2. The minimum absolute atomic E-state index is 0.00963. The zero-order valence-electron chi connectivity index (χ0n) is 8.53. The van der Waals surface area contributed by atoms with Crippen LogP contribution in [0.3, 0.4) is 0 Å². The van der Waals surface area contributed by atoms with Crippen LogP contribution in [0, 0.1) is 0 Å². The molecule has 2 rings (SSSR count). The molecule has 1 atom stereocenters. The predicted molar refractivity (Wildman–Crippen MR) is 56.8 cm³/mol. The first-order chi connectivity index (χ1) is 6.57. The molecule has 0 saturated carbocycles. The van der Waals surface area contributed by atoms with Gasteiger partial charge in [0.2, 0.25) is 0 Å². The van der Waals surface area contributed by atoms with Crippen LogP contribution in [0.25, 0.3) is 0 Å². The molecule has 4 heteroatoms. The van der Waals surface area contributed by atoms with Crippen molar-refractivity contribution < 1.29 is 4.74 Å². The highest BCUT2D eigenvalue weighted by Crippen LogP contribution is 2.29. The zero-order valence-corrected chi connectivity index (χ0v) is 9.34. The van der Waals surface area contributed by atoms with Gasteiger partial charge in [0.05, 0.1) is 18.2 Å². The van der Waals surface area contributed by atoms with E-state index in [1.54, 1.807) is 4.57 Å². The summed E-state index contributed by atoms with van der Waals surface area (Å²) in [6.45, 7) is 4.90. The molecule has 78 valence electrons. The van der Waals surface area contributed by atoms with Gasteiger partial charge in [0.1, 0.15) is 0 Å². The Balaban J connectivity index is 2.01. The second-order valence-corrected chi connectivity index (χ2v) is 5.22. The molecule has 1 saturated heterocycles. The normalized spacial score (nSPS) is 25.4. The fourth-order valence-corrected chi connectivity index (χ4v) is 2.45. The minimum Gasteiger partial charge on any atom is -0.370 e. The summed E-state index contributed by atoms with van der Waals surface area (Å²) in [6, 6.07) is 0. The van der Waals surface area contributed by atoms with Gasteiger partial charge >= 0.3 is 4.87 Å². The Morgan fingerprint density at radius 2 is 2.50 bits per heavy atom. The van der Waals surface area contributed by atoms with Crippen LogP contribution in [-0.2, 0) is 11.3 Å². The van der Waals surface area contributed by atoms with Crippen LogP contribution in [0.5, 0.6) is 0 Å². The molecule has 1 aromatic heterocycles. The topological polar surface area (TPSA) is 31.2 Å². The number of thiazole rings is 1. The van der Waals surface area contributed by atoms with E-state index in [0.29, 0.717) is 6.54 Å². The van der Waals surface area contributed by atoms with E-state index in [1.165, 1.54) is 11.3 Å². The van der Waals surface area contributed by atoms with Crippen molar-refractivity contribution >= 4 is 11.3 Å². The van der Waals surface area contributed by atoms with Crippen LogP contribution in [0.1, 0.15) is 26.7 Å². The first-order valence-electron chi connectivity index (χ1n) is 4.89. The van der Waals surface area contributed by atoms with Crippen molar-refractivity contribution in [1.29, 1.82) is 0 Å². The molecule has 0 N–H and O–H groups in total. The van der Waals surface area contributed by atoms with E-state index in [1.807, 2.05) is 11.6 Å². The summed E-state index contributed by atoms with van der Waals surface area (Å²) < 4.78 is 7.55. The van der Waals surface area contributed by atoms with Crippen molar-refractivity contribution in [3.63, 3.8) is 0 Å². The van der Waals surface area contributed by atoms with Crippen LogP contribution in [0.15, 0.2) is 16.4 Å². The Morgan fingerprint density at radius 1 is 1.71 bits per heavy atom. The first kappa shape index (κ1) is 9.93. The molecule has 2 heterocycles. The van der Waals surface area contributed by atoms with Gasteiger partial charge in [-0.3, -0.25) is 4.79 Å². The van der Waals surface area contributed by atoms with Gasteiger partial charge in [-0.1, -0.05) is 11.3 Å². The monoisotopic (exact) mass is 213 g/mol. The summed E-state index contributed by atoms with van der Waals surface area (Å²) in [5.74, 6) is 0. The van der Waals surface area contributed by atoms with Crippen LogP contribution < -0.4 is 4.87 Å². The van der Waals surface area contributed by atoms with Gasteiger partial charge in [-0.05, 0) is 26.7 Å². The number of nitrogens with zero attached hydrogens (tertiary/aromatic N) is 1. The van der Waals surface area contributed by atoms with Crippen LogP contribution >= 0.6 is 11.3 Å². The van der Waals surface area contributed by atoms with Crippen LogP contribution in [-0.4, -0.2) is 16.3 Å². The van der Waals surface area contributed by atoms with Crippen molar-refractivity contribution in [3.8, 4) is 0 Å². The molecule has 1 fully saturated rings. The lowest BCUT2D eigenvalue weighted by atomic mass is 10.1. The van der Waals surface area contributed by atoms with E-state index in [9.17, 15) is 4.79 Å². The summed E-state index contributed by atoms with van der Waals surface area (Å²) in [5, 5.41) is 1.82. The lowest BCUT2D eigenvalue weighted by Gasteiger charge is -2.19. The van der Waals surface area contributed by atoms with Gasteiger partial charge in [0.25, 0.3) is 0 Å². The first-order valence-corrected chi connectivity index (χ1v) is 5.76. The summed E-state index contributed by atoms with van der Waals surface area (Å²) in [5.41, 5.74) is -0.00963. The summed E-state index contributed by atoms with van der Waals surface area (Å²) in [7, 11) is 0. The fraction of sp³-hybridized carbons (Fsp3) is 0.700. The average Bonchev–Trinajstić information content (AvgIpc) is 2.61. The van der Waals surface area contributed by atoms with E-state index >= 15 is 0 Å². The van der Waals surface area contributed by atoms with Crippen LogP contribution in [0.4, 0.5) is 0 Å². The Hall–Kier alpha value is -0.610. The summed E-state index contributed by atoms with van der Waals surface area (Å²) in [6.07, 6.45) is 4.17. The standard InChI is InChI=1S/C10H15NO2S/c1-10(2)4-3-8(13-10)7-11-5-6-14-9(11)12/h5-6,8H,3-4,7H2,1-2H3. The molecule has 0 spiro atoms. The van der Waals surface area contributed by atoms with Gasteiger partial charge in [0.15, 0.2) is 0 Å². The van der Waals surface area contributed by atoms with E-state index < -0.39 is 0 Å². The molecular formula is C10H15NO2S. The number of ether oxygens (including phenoxy) is 1. The Labute approximate surface area is 87.3 Å². The van der Waals surface area contributed by atoms with Crippen molar-refractivity contribution in [1.82, 2.24) is 4.57 Å². The van der Waals surface area contributed by atoms with E-state index in [2.05, 4.69) is 13.8 Å². The van der Waals surface area contributed by atoms with Gasteiger partial charge in [-0.2, -0.15) is 0 Å². The Bertz CT molecular complexity index is 366. The molecule has 1 unspecified atom stereocenters. The van der Waals surface area contributed by atoms with Crippen molar-refractivity contribution in [2.45, 2.75) is 44.9 Å². The van der Waals surface area contributed by atoms with Gasteiger partial charge < -0.3 is 9.30 Å². The maximum atomic E-state index is 11.3. The van der Waals surface area contributed by atoms with E-state index in [-0.39, 0.29) is 16.6 Å². The smallest absolute Gasteiger partial charge is 0.307 e. The predicted octanol–water partition coefficient (Wildman–Crippen LogP) is 1.87.